The highest BCUT2D eigenvalue weighted by Gasteiger charge is 2.14. The van der Waals surface area contributed by atoms with Gasteiger partial charge in [0, 0.05) is 0 Å². The lowest BCUT2D eigenvalue weighted by molar-refractivity contribution is 0.837. The van der Waals surface area contributed by atoms with Crippen molar-refractivity contribution >= 4 is 0 Å². The van der Waals surface area contributed by atoms with E-state index in [-0.39, 0.29) is 0 Å². The smallest absolute Gasteiger partial charge is 0.0213 e. The van der Waals surface area contributed by atoms with E-state index in [1.807, 2.05) is 13.8 Å². The van der Waals surface area contributed by atoms with Crippen molar-refractivity contribution in [3.63, 3.8) is 0 Å². The van der Waals surface area contributed by atoms with Crippen LogP contribution in [0.2, 0.25) is 0 Å². The third-order valence-corrected chi connectivity index (χ3v) is 6.63. The van der Waals surface area contributed by atoms with E-state index in [0.29, 0.717) is 11.8 Å². The summed E-state index contributed by atoms with van der Waals surface area (Å²) >= 11 is 0. The van der Waals surface area contributed by atoms with E-state index in [0.717, 1.165) is 0 Å². The molecule has 29 heavy (non-hydrogen) atoms. The van der Waals surface area contributed by atoms with Gasteiger partial charge in [-0.2, -0.15) is 0 Å². The zero-order valence-electron chi connectivity index (χ0n) is 22.2. The summed E-state index contributed by atoms with van der Waals surface area (Å²) in [7, 11) is 0. The molecule has 2 aromatic rings. The summed E-state index contributed by atoms with van der Waals surface area (Å²) < 4.78 is 0. The highest BCUT2D eigenvalue weighted by molar-refractivity contribution is 5.50. The van der Waals surface area contributed by atoms with Crippen LogP contribution in [0.15, 0.2) is 6.07 Å². The largest absolute Gasteiger partial charge is 0.0683 e. The number of hydrogen-bond donors (Lipinski definition) is 0. The molecule has 0 aliphatic heterocycles. The molecule has 0 atom stereocenters. The van der Waals surface area contributed by atoms with Crippen molar-refractivity contribution in [1.82, 2.24) is 0 Å². The molecule has 0 unspecified atom stereocenters. The molecule has 0 heterocycles. The quantitative estimate of drug-likeness (QED) is 0.474. The molecule has 0 N–H and O–H groups in total. The highest BCUT2D eigenvalue weighted by atomic mass is 14.2. The summed E-state index contributed by atoms with van der Waals surface area (Å²) in [6.07, 6.45) is 0. The van der Waals surface area contributed by atoms with Crippen LogP contribution in [0.1, 0.15) is 115 Å². The third-order valence-electron chi connectivity index (χ3n) is 6.63. The second kappa shape index (κ2) is 11.6. The fraction of sp³-hybridized carbons (Fsp3) is 0.586. The second-order valence-corrected chi connectivity index (χ2v) is 9.02. The van der Waals surface area contributed by atoms with Gasteiger partial charge < -0.3 is 0 Å². The van der Waals surface area contributed by atoms with Crippen molar-refractivity contribution in [1.29, 1.82) is 0 Å². The van der Waals surface area contributed by atoms with Gasteiger partial charge in [0.25, 0.3) is 0 Å². The van der Waals surface area contributed by atoms with Crippen molar-refractivity contribution < 1.29 is 0 Å². The average molecular weight is 397 g/mol. The maximum Gasteiger partial charge on any atom is -0.0213 e. The molecule has 0 amide bonds. The monoisotopic (exact) mass is 396 g/mol. The van der Waals surface area contributed by atoms with Gasteiger partial charge in [-0.25, -0.2) is 0 Å². The first-order valence-electron chi connectivity index (χ1n) is 11.5. The van der Waals surface area contributed by atoms with Crippen LogP contribution in [0.5, 0.6) is 0 Å². The maximum absolute atomic E-state index is 2.30. The Balaban J connectivity index is 0.000000499. The molecular weight excluding hydrogens is 348 g/mol. The third kappa shape index (κ3) is 6.21. The molecule has 0 nitrogen and oxygen atoms in total. The molecule has 2 aromatic carbocycles. The van der Waals surface area contributed by atoms with E-state index >= 15 is 0 Å². The molecule has 2 rings (SSSR count). The van der Waals surface area contributed by atoms with Gasteiger partial charge in [-0.3, -0.25) is 0 Å². The first-order chi connectivity index (χ1) is 13.3. The van der Waals surface area contributed by atoms with Crippen LogP contribution in [0.4, 0.5) is 0 Å². The summed E-state index contributed by atoms with van der Waals surface area (Å²) in [4.78, 5) is 0. The average Bonchev–Trinajstić information content (AvgIpc) is 2.64. The molecule has 0 radical (unpaired) electrons. The molecule has 0 saturated carbocycles. The predicted octanol–water partition coefficient (Wildman–Crippen LogP) is 9.42. The lowest BCUT2D eigenvalue weighted by Gasteiger charge is -2.21. The highest BCUT2D eigenvalue weighted by Crippen LogP contribution is 2.31. The van der Waals surface area contributed by atoms with E-state index in [1.165, 1.54) is 55.6 Å². The summed E-state index contributed by atoms with van der Waals surface area (Å²) in [6.45, 7) is 33.2. The van der Waals surface area contributed by atoms with Crippen molar-refractivity contribution in [2.24, 2.45) is 0 Å². The van der Waals surface area contributed by atoms with Crippen molar-refractivity contribution in [3.8, 4) is 0 Å². The van der Waals surface area contributed by atoms with Gasteiger partial charge in [-0.1, -0.05) is 47.6 Å². The van der Waals surface area contributed by atoms with Gasteiger partial charge >= 0.3 is 0 Å². The molecule has 164 valence electrons. The SMILES string of the molecule is CC.Cc1c(C)c(C)c(C(C)C)c(C)c1C.Cc1cc(C)c(C(C)C)c(C)c1C. The summed E-state index contributed by atoms with van der Waals surface area (Å²) in [5.41, 5.74) is 16.2. The molecular formula is C29H48. The van der Waals surface area contributed by atoms with Gasteiger partial charge in [-0.15, -0.1) is 0 Å². The van der Waals surface area contributed by atoms with Crippen LogP contribution in [0.3, 0.4) is 0 Å². The van der Waals surface area contributed by atoms with Gasteiger partial charge in [-0.05, 0) is 135 Å². The Morgan fingerprint density at radius 2 is 0.724 bits per heavy atom. The zero-order chi connectivity index (χ0) is 23.2. The lowest BCUT2D eigenvalue weighted by Crippen LogP contribution is -2.04. The molecule has 0 fully saturated rings. The molecule has 0 heteroatoms. The van der Waals surface area contributed by atoms with Gasteiger partial charge in [0.1, 0.15) is 0 Å². The normalized spacial score (nSPS) is 10.5. The summed E-state index contributed by atoms with van der Waals surface area (Å²) in [5.74, 6) is 1.27. The Kier molecular flexibility index (Phi) is 11.0. The van der Waals surface area contributed by atoms with E-state index in [1.54, 1.807) is 5.56 Å². The van der Waals surface area contributed by atoms with Gasteiger partial charge in [0.15, 0.2) is 0 Å². The summed E-state index contributed by atoms with van der Waals surface area (Å²) in [6, 6.07) is 2.30. The molecule has 0 aliphatic rings. The Morgan fingerprint density at radius 1 is 0.414 bits per heavy atom. The minimum absolute atomic E-state index is 0.632. The van der Waals surface area contributed by atoms with Crippen LogP contribution < -0.4 is 0 Å². The van der Waals surface area contributed by atoms with E-state index < -0.39 is 0 Å². The molecule has 0 bridgehead atoms. The number of hydrogen-bond acceptors (Lipinski definition) is 0. The van der Waals surface area contributed by atoms with Crippen molar-refractivity contribution in [2.45, 2.75) is 116 Å². The second-order valence-electron chi connectivity index (χ2n) is 9.02. The Bertz CT molecular complexity index is 788. The van der Waals surface area contributed by atoms with Crippen LogP contribution in [0, 0.1) is 62.3 Å². The minimum atomic E-state index is 0.632. The lowest BCUT2D eigenvalue weighted by atomic mass is 9.85. The van der Waals surface area contributed by atoms with Crippen LogP contribution >= 0.6 is 0 Å². The topological polar surface area (TPSA) is 0 Å². The van der Waals surface area contributed by atoms with Crippen molar-refractivity contribution in [3.05, 3.63) is 67.3 Å². The van der Waals surface area contributed by atoms with E-state index in [9.17, 15) is 0 Å². The maximum atomic E-state index is 2.30. The van der Waals surface area contributed by atoms with E-state index in [4.69, 9.17) is 0 Å². The van der Waals surface area contributed by atoms with Crippen LogP contribution in [-0.4, -0.2) is 0 Å². The minimum Gasteiger partial charge on any atom is -0.0683 e. The van der Waals surface area contributed by atoms with Gasteiger partial charge in [0.05, 0.1) is 0 Å². The number of benzene rings is 2. The standard InChI is InChI=1S/C14H22.C13H20.C2H6/c1-8(2)14-12(6)10(4)9(3)11(5)13(14)7;1-8(2)13-10(4)7-9(3)11(5)12(13)6;1-2/h8H,1-7H3;7-8H,1-6H3;1-2H3. The summed E-state index contributed by atoms with van der Waals surface area (Å²) in [5, 5.41) is 0. The molecule has 0 aromatic heterocycles. The van der Waals surface area contributed by atoms with Gasteiger partial charge in [0.2, 0.25) is 0 Å². The van der Waals surface area contributed by atoms with E-state index in [2.05, 4.69) is 96.1 Å². The van der Waals surface area contributed by atoms with Crippen LogP contribution in [-0.2, 0) is 0 Å². The molecule has 0 spiro atoms. The van der Waals surface area contributed by atoms with Crippen LogP contribution in [0.25, 0.3) is 0 Å². The number of rotatable bonds is 2. The van der Waals surface area contributed by atoms with Crippen molar-refractivity contribution in [2.75, 3.05) is 0 Å². The fourth-order valence-corrected chi connectivity index (χ4v) is 4.59. The first-order valence-corrected chi connectivity index (χ1v) is 11.5. The predicted molar refractivity (Wildman–Crippen MR) is 135 cm³/mol. The fourth-order valence-electron chi connectivity index (χ4n) is 4.59. The Hall–Kier alpha value is -1.56. The molecule has 0 aliphatic carbocycles. The Labute approximate surface area is 183 Å². The first kappa shape index (κ1) is 27.4. The molecule has 0 saturated heterocycles. The Morgan fingerprint density at radius 3 is 1.07 bits per heavy atom. The number of aryl methyl sites for hydroxylation is 2. The zero-order valence-corrected chi connectivity index (χ0v) is 22.2.